The molecule has 129 heavy (non-hydrogen) atoms. The van der Waals surface area contributed by atoms with Crippen LogP contribution in [0.2, 0.25) is 0 Å². The third-order valence-corrected chi connectivity index (χ3v) is 23.3. The quantitative estimate of drug-likeness (QED) is 0.0284. The van der Waals surface area contributed by atoms with Gasteiger partial charge in [0.1, 0.15) is 244 Å². The van der Waals surface area contributed by atoms with Gasteiger partial charge in [-0.15, -0.1) is 0 Å². The second-order valence-corrected chi connectivity index (χ2v) is 32.4. The minimum absolute atomic E-state index is 0.827. The van der Waals surface area contributed by atoms with E-state index in [0.29, 0.717) is 0 Å². The molecule has 1 unspecified atom stereocenters. The molecule has 10 aliphatic heterocycles. The van der Waals surface area contributed by atoms with Crippen LogP contribution in [0.25, 0.3) is 0 Å². The van der Waals surface area contributed by atoms with Crippen molar-refractivity contribution in [2.24, 2.45) is 0 Å². The SMILES string of the molecule is CC(=O)N[C@H]1[C@H](O[C@H]2[C@H](O[C@H]3O[C@H](CO)[C@@H](O)[C@H](O)[C@@H]3O[C@@H]3O[C@H](CO)[C@@H](O)[C@H](O)[C@H]3NC(C)=O)[C@H](O)[C@H](O[C@H]3[C@H](O)[C@@H](NC(C)=O)[C@H](O[C@H]4[C@H](O)[C@@H](NC(C)=O)C(O)O[C@@H]4CO)O[C@@H]3CO)O[C@@H]2CO[C@H]2O[C@H](CO)[C@@H](O[C@@H]3O[C@H](CO)[C@@H](O[C@@H]4O[C@H](CO)[C@H](O)[C@H](O)[C@H]4O)[C@H](O)[C@H]3NC(C)=O)[C@H](O)[C@@H]2O[C@@H]2O[C@H](CO)[C@@H](O)[C@H](O)[C@H]2NC(C)=O)O[C@H](CO)[C@@H](O)[C@H]1O. The Morgan fingerprint density at radius 3 is 0.791 bits per heavy atom. The molecule has 0 saturated carbocycles. The van der Waals surface area contributed by atoms with Gasteiger partial charge in [0.05, 0.1) is 66.1 Å². The molecule has 6 amide bonds. The topological polar surface area (TPSA) is 876 Å². The van der Waals surface area contributed by atoms with Crippen LogP contribution in [0.5, 0.6) is 0 Å². The van der Waals surface area contributed by atoms with Crippen LogP contribution in [-0.4, -0.2) is 541 Å². The molecule has 10 rings (SSSR count). The molecule has 0 aliphatic carbocycles. The summed E-state index contributed by atoms with van der Waals surface area (Å²) in [6.07, 6.45) is -96.5. The molecule has 744 valence electrons. The van der Waals surface area contributed by atoms with Crippen LogP contribution >= 0.6 is 0 Å². The second-order valence-electron chi connectivity index (χ2n) is 32.4. The van der Waals surface area contributed by atoms with Crippen LogP contribution in [0.4, 0.5) is 0 Å². The van der Waals surface area contributed by atoms with Gasteiger partial charge >= 0.3 is 0 Å². The lowest BCUT2D eigenvalue weighted by atomic mass is 9.93. The number of nitrogens with one attached hydrogen (secondary N) is 6. The molecule has 0 aromatic heterocycles. The van der Waals surface area contributed by atoms with E-state index in [1.165, 1.54) is 0 Å². The van der Waals surface area contributed by atoms with Crippen LogP contribution in [0.1, 0.15) is 41.5 Å². The van der Waals surface area contributed by atoms with Crippen LogP contribution in [0.3, 0.4) is 0 Å². The van der Waals surface area contributed by atoms with Gasteiger partial charge in [0, 0.05) is 41.5 Å². The van der Waals surface area contributed by atoms with Crippen molar-refractivity contribution in [1.82, 2.24) is 31.9 Å². The van der Waals surface area contributed by atoms with E-state index in [4.69, 9.17) is 90.0 Å². The number of aliphatic hydroxyl groups is 26. The minimum Gasteiger partial charge on any atom is -0.394 e. The van der Waals surface area contributed by atoms with E-state index in [2.05, 4.69) is 31.9 Å². The number of rotatable bonds is 34. The molecule has 50 atom stereocenters. The highest BCUT2D eigenvalue weighted by atomic mass is 16.8. The Morgan fingerprint density at radius 1 is 0.202 bits per heavy atom. The Labute approximate surface area is 731 Å². The summed E-state index contributed by atoms with van der Waals surface area (Å²) in [6.45, 7) is -6.38. The van der Waals surface area contributed by atoms with E-state index in [1.807, 2.05) is 0 Å². The molecule has 10 saturated heterocycles. The van der Waals surface area contributed by atoms with Crippen molar-refractivity contribution in [3.63, 3.8) is 0 Å². The largest absolute Gasteiger partial charge is 0.394 e. The molecule has 57 nitrogen and oxygen atoms in total. The number of carbonyl (C=O) groups excluding carboxylic acids is 6. The van der Waals surface area contributed by atoms with Gasteiger partial charge in [-0.25, -0.2) is 0 Å². The molecule has 0 aromatic carbocycles. The van der Waals surface area contributed by atoms with E-state index in [9.17, 15) is 162 Å². The fraction of sp³-hybridized carbons (Fsp3) is 0.917. The summed E-state index contributed by atoms with van der Waals surface area (Å²) in [6, 6.07) is -11.7. The van der Waals surface area contributed by atoms with Crippen molar-refractivity contribution in [3.05, 3.63) is 0 Å². The number of hydrogen-bond acceptors (Lipinski definition) is 51. The first-order valence-electron chi connectivity index (χ1n) is 41.1. The van der Waals surface area contributed by atoms with Gasteiger partial charge in [0.15, 0.2) is 62.9 Å². The Kier molecular flexibility index (Phi) is 38.4. The molecule has 32 N–H and O–H groups in total. The number of amides is 6. The fourth-order valence-corrected chi connectivity index (χ4v) is 16.7. The van der Waals surface area contributed by atoms with Gasteiger partial charge < -0.3 is 255 Å². The van der Waals surface area contributed by atoms with Crippen LogP contribution in [-0.2, 0) is 119 Å². The predicted octanol–water partition coefficient (Wildman–Crippen LogP) is -21.9. The third-order valence-electron chi connectivity index (χ3n) is 23.3. The lowest BCUT2D eigenvalue weighted by molar-refractivity contribution is -0.408. The summed E-state index contributed by atoms with van der Waals surface area (Å²) in [4.78, 5) is 77.8. The molecule has 0 bridgehead atoms. The van der Waals surface area contributed by atoms with Crippen molar-refractivity contribution in [1.29, 1.82) is 0 Å². The van der Waals surface area contributed by atoms with Crippen LogP contribution in [0, 0.1) is 0 Å². The highest BCUT2D eigenvalue weighted by Gasteiger charge is 2.63. The smallest absolute Gasteiger partial charge is 0.217 e. The first-order chi connectivity index (χ1) is 61.0. The third kappa shape index (κ3) is 24.0. The van der Waals surface area contributed by atoms with E-state index in [0.717, 1.165) is 41.5 Å². The molecule has 0 spiro atoms. The Bertz CT molecular complexity index is 3570. The Hall–Kier alpha value is -4.98. The number of carbonyl (C=O) groups is 6. The van der Waals surface area contributed by atoms with E-state index in [-0.39, 0.29) is 0 Å². The van der Waals surface area contributed by atoms with Gasteiger partial charge in [-0.3, -0.25) is 28.8 Å². The lowest BCUT2D eigenvalue weighted by Gasteiger charge is -2.52. The van der Waals surface area contributed by atoms with Gasteiger partial charge in [-0.1, -0.05) is 0 Å². The number of ether oxygens (including phenoxy) is 19. The average Bonchev–Trinajstić information content (AvgIpc) is 0.757. The summed E-state index contributed by atoms with van der Waals surface area (Å²) in [5.41, 5.74) is 0. The second kappa shape index (κ2) is 46.7. The molecule has 10 fully saturated rings. The Balaban J connectivity index is 1.11. The highest BCUT2D eigenvalue weighted by molar-refractivity contribution is 5.75. The lowest BCUT2D eigenvalue weighted by Crippen LogP contribution is -2.71. The molecular formula is C72H120N6O51. The van der Waals surface area contributed by atoms with Gasteiger partial charge in [-0.2, -0.15) is 0 Å². The molecule has 10 aliphatic rings. The highest BCUT2D eigenvalue weighted by Crippen LogP contribution is 2.42. The van der Waals surface area contributed by atoms with E-state index >= 15 is 0 Å². The standard InChI is InChI=1S/C72H120N6O51/c1-17(88)73-33-47(102)55(28(12-84)112-63(33)110)122-67-37(77-21(5)92)49(104)57(30(14-86)118-67)125-70-54(109)60(127-72-61(51(106)43(98)27(11-83)117-72)128-65-35(75-19(3)90)45(100)40(95)24(8-80)114-65)59(126-64-34(74-18(2)89)44(99)39(94)23(7-79)113-64)32(121-70)16-111-71-62(129-66-36(76-20(4)91)46(101)41(96)25(9-81)115-66)53(108)58(31(15-87)120-71)123-68-38(78-22(6)93)48(103)56(29(13-85)119-68)124-69-52(107)50(105)42(97)26(10-82)116-69/h23-72,79-87,94-110H,7-16H2,1-6H3,(H,73,88)(H,74,89)(H,75,90)(H,76,91)(H,77,92)(H,78,93)/t23-,24-,25-,26-,27-,28-,29-,30-,31-,32-,33-,34-,35-,36-,37-,38-,39-,40-,41-,42+,43-,44+,45-,46-,47-,48-,49-,50+,51+,52-,53+,54+,55-,56-,57-,58-,59-,60-,61+,62+,63?,64+,65+,66+,67+,68+,69+,70+,71+,72-/m1/s1. The number of hydrogen-bond donors (Lipinski definition) is 32. The monoisotopic (exact) mass is 1880 g/mol. The van der Waals surface area contributed by atoms with Gasteiger partial charge in [0.2, 0.25) is 35.4 Å². The van der Waals surface area contributed by atoms with Crippen molar-refractivity contribution >= 4 is 35.4 Å². The summed E-state index contributed by atoms with van der Waals surface area (Å²) >= 11 is 0. The van der Waals surface area contributed by atoms with Crippen molar-refractivity contribution in [3.8, 4) is 0 Å². The summed E-state index contributed by atoms with van der Waals surface area (Å²) < 4.78 is 117. The van der Waals surface area contributed by atoms with Crippen molar-refractivity contribution < 1.29 is 252 Å². The molecular weight excluding hydrogens is 1760 g/mol. The zero-order valence-corrected chi connectivity index (χ0v) is 69.8. The van der Waals surface area contributed by atoms with Crippen molar-refractivity contribution in [2.75, 3.05) is 66.1 Å². The average molecular weight is 1890 g/mol. The van der Waals surface area contributed by atoms with E-state index in [1.54, 1.807) is 0 Å². The summed E-state index contributed by atoms with van der Waals surface area (Å²) in [5.74, 6) is -5.75. The summed E-state index contributed by atoms with van der Waals surface area (Å²) in [7, 11) is 0. The first-order valence-corrected chi connectivity index (χ1v) is 41.1. The van der Waals surface area contributed by atoms with Crippen LogP contribution in [0.15, 0.2) is 0 Å². The number of aliphatic hydroxyl groups excluding tert-OH is 26. The van der Waals surface area contributed by atoms with E-state index < -0.39 is 408 Å². The van der Waals surface area contributed by atoms with Crippen LogP contribution < -0.4 is 31.9 Å². The first kappa shape index (κ1) is 106. The maximum Gasteiger partial charge on any atom is 0.217 e. The Morgan fingerprint density at radius 2 is 0.434 bits per heavy atom. The van der Waals surface area contributed by atoms with Gasteiger partial charge in [0.25, 0.3) is 0 Å². The zero-order valence-electron chi connectivity index (χ0n) is 69.8. The minimum atomic E-state index is -2.78. The molecule has 0 radical (unpaired) electrons. The van der Waals surface area contributed by atoms with Crippen molar-refractivity contribution in [2.45, 2.75) is 348 Å². The summed E-state index contributed by atoms with van der Waals surface area (Å²) in [5, 5.41) is 309. The van der Waals surface area contributed by atoms with Gasteiger partial charge in [-0.05, 0) is 0 Å². The zero-order chi connectivity index (χ0) is 95.1. The molecule has 57 heteroatoms. The maximum absolute atomic E-state index is 13.4. The maximum atomic E-state index is 13.4. The fourth-order valence-electron chi connectivity index (χ4n) is 16.7. The predicted molar refractivity (Wildman–Crippen MR) is 399 cm³/mol. The normalized spacial score (nSPS) is 47.5. The molecule has 0 aromatic rings. The molecule has 10 heterocycles.